The van der Waals surface area contributed by atoms with E-state index in [0.717, 1.165) is 19.0 Å². The molecule has 1 unspecified atom stereocenters. The lowest BCUT2D eigenvalue weighted by atomic mass is 9.69. The van der Waals surface area contributed by atoms with Crippen molar-refractivity contribution in [2.45, 2.75) is 65.8 Å². The second-order valence-corrected chi connectivity index (χ2v) is 7.31. The zero-order chi connectivity index (χ0) is 12.9. The minimum absolute atomic E-state index is 0.242. The van der Waals surface area contributed by atoms with Gasteiger partial charge in [0.25, 0.3) is 0 Å². The minimum atomic E-state index is 0.242. The first-order chi connectivity index (χ1) is 7.81. The highest BCUT2D eigenvalue weighted by Crippen LogP contribution is 2.39. The van der Waals surface area contributed by atoms with Gasteiger partial charge in [-0.05, 0) is 51.5 Å². The average Bonchev–Trinajstić information content (AvgIpc) is 2.17. The number of rotatable bonds is 5. The molecule has 0 spiro atoms. The van der Waals surface area contributed by atoms with Crippen molar-refractivity contribution in [3.63, 3.8) is 0 Å². The second kappa shape index (κ2) is 6.19. The first-order valence-corrected chi connectivity index (χ1v) is 7.27. The van der Waals surface area contributed by atoms with E-state index >= 15 is 0 Å². The minimum Gasteiger partial charge on any atom is -0.315 e. The number of nitrogens with one attached hydrogen (secondary N) is 2. The molecule has 0 amide bonds. The second-order valence-electron chi connectivity index (χ2n) is 7.31. The SMILES string of the molecule is CC(C)(C)NCCNCC1CCCCC1(C)C. The number of hydrogen-bond acceptors (Lipinski definition) is 2. The van der Waals surface area contributed by atoms with Gasteiger partial charge in [0.15, 0.2) is 0 Å². The molecule has 2 N–H and O–H groups in total. The molecule has 0 heterocycles. The van der Waals surface area contributed by atoms with E-state index in [9.17, 15) is 0 Å². The van der Waals surface area contributed by atoms with Crippen molar-refractivity contribution >= 4 is 0 Å². The highest BCUT2D eigenvalue weighted by atomic mass is 15.0. The molecule has 1 rings (SSSR count). The summed E-state index contributed by atoms with van der Waals surface area (Å²) in [7, 11) is 0. The Bertz CT molecular complexity index is 215. The molecule has 1 aliphatic rings. The monoisotopic (exact) mass is 240 g/mol. The fourth-order valence-corrected chi connectivity index (χ4v) is 2.75. The topological polar surface area (TPSA) is 24.1 Å². The lowest BCUT2D eigenvalue weighted by Crippen LogP contribution is -2.42. The van der Waals surface area contributed by atoms with E-state index in [1.54, 1.807) is 0 Å². The fraction of sp³-hybridized carbons (Fsp3) is 1.00. The van der Waals surface area contributed by atoms with Crippen molar-refractivity contribution in [3.8, 4) is 0 Å². The molecule has 2 heteroatoms. The van der Waals surface area contributed by atoms with E-state index in [2.05, 4.69) is 45.3 Å². The molecule has 0 bridgehead atoms. The lowest BCUT2D eigenvalue weighted by Gasteiger charge is -2.39. The normalized spacial score (nSPS) is 24.9. The third kappa shape index (κ3) is 5.87. The Hall–Kier alpha value is -0.0800. The summed E-state index contributed by atoms with van der Waals surface area (Å²) in [5.41, 5.74) is 0.786. The van der Waals surface area contributed by atoms with Crippen LogP contribution < -0.4 is 10.6 Å². The summed E-state index contributed by atoms with van der Waals surface area (Å²) >= 11 is 0. The van der Waals surface area contributed by atoms with Gasteiger partial charge >= 0.3 is 0 Å². The van der Waals surface area contributed by atoms with Crippen LogP contribution in [0.1, 0.15) is 60.3 Å². The van der Waals surface area contributed by atoms with Crippen molar-refractivity contribution < 1.29 is 0 Å². The quantitative estimate of drug-likeness (QED) is 0.721. The Morgan fingerprint density at radius 3 is 2.41 bits per heavy atom. The third-order valence-corrected chi connectivity index (χ3v) is 4.08. The van der Waals surface area contributed by atoms with Crippen molar-refractivity contribution in [1.82, 2.24) is 10.6 Å². The zero-order valence-corrected chi connectivity index (χ0v) is 12.5. The van der Waals surface area contributed by atoms with Gasteiger partial charge in [-0.2, -0.15) is 0 Å². The van der Waals surface area contributed by atoms with Crippen LogP contribution in [0.15, 0.2) is 0 Å². The highest BCUT2D eigenvalue weighted by Gasteiger charge is 2.31. The van der Waals surface area contributed by atoms with Crippen LogP contribution in [-0.4, -0.2) is 25.2 Å². The van der Waals surface area contributed by atoms with Crippen molar-refractivity contribution in [1.29, 1.82) is 0 Å². The molecule has 102 valence electrons. The van der Waals surface area contributed by atoms with E-state index in [-0.39, 0.29) is 5.54 Å². The van der Waals surface area contributed by atoms with Crippen molar-refractivity contribution in [3.05, 3.63) is 0 Å². The van der Waals surface area contributed by atoms with Gasteiger partial charge in [0.05, 0.1) is 0 Å². The van der Waals surface area contributed by atoms with Crippen LogP contribution in [-0.2, 0) is 0 Å². The Morgan fingerprint density at radius 1 is 1.12 bits per heavy atom. The molecule has 17 heavy (non-hydrogen) atoms. The fourth-order valence-electron chi connectivity index (χ4n) is 2.75. The Balaban J connectivity index is 2.13. The molecule has 0 saturated heterocycles. The van der Waals surface area contributed by atoms with Gasteiger partial charge in [-0.15, -0.1) is 0 Å². The van der Waals surface area contributed by atoms with Gasteiger partial charge < -0.3 is 10.6 Å². The van der Waals surface area contributed by atoms with E-state index in [1.807, 2.05) is 0 Å². The van der Waals surface area contributed by atoms with Crippen molar-refractivity contribution in [2.24, 2.45) is 11.3 Å². The molecule has 1 aliphatic carbocycles. The standard InChI is InChI=1S/C15H32N2/c1-14(2,3)17-11-10-16-12-13-8-6-7-9-15(13,4)5/h13,16-17H,6-12H2,1-5H3. The van der Waals surface area contributed by atoms with Crippen LogP contribution in [0.2, 0.25) is 0 Å². The summed E-state index contributed by atoms with van der Waals surface area (Å²) in [6, 6.07) is 0. The van der Waals surface area contributed by atoms with Gasteiger partial charge in [0, 0.05) is 18.6 Å². The third-order valence-electron chi connectivity index (χ3n) is 4.08. The molecular weight excluding hydrogens is 208 g/mol. The number of hydrogen-bond donors (Lipinski definition) is 2. The largest absolute Gasteiger partial charge is 0.315 e. The molecule has 2 nitrogen and oxygen atoms in total. The Labute approximate surface area is 108 Å². The summed E-state index contributed by atoms with van der Waals surface area (Å²) in [4.78, 5) is 0. The predicted octanol–water partition coefficient (Wildman–Crippen LogP) is 3.18. The van der Waals surface area contributed by atoms with Crippen LogP contribution in [0.25, 0.3) is 0 Å². The van der Waals surface area contributed by atoms with Crippen LogP contribution in [0, 0.1) is 11.3 Å². The summed E-state index contributed by atoms with van der Waals surface area (Å²) in [6.07, 6.45) is 5.66. The maximum absolute atomic E-state index is 3.62. The summed E-state index contributed by atoms with van der Waals surface area (Å²) in [6.45, 7) is 14.9. The lowest BCUT2D eigenvalue weighted by molar-refractivity contribution is 0.136. The van der Waals surface area contributed by atoms with Crippen LogP contribution in [0.3, 0.4) is 0 Å². The summed E-state index contributed by atoms with van der Waals surface area (Å²) < 4.78 is 0. The van der Waals surface area contributed by atoms with Gasteiger partial charge in [-0.25, -0.2) is 0 Å². The highest BCUT2D eigenvalue weighted by molar-refractivity contribution is 4.84. The van der Waals surface area contributed by atoms with E-state index in [0.29, 0.717) is 5.41 Å². The van der Waals surface area contributed by atoms with Crippen LogP contribution in [0.5, 0.6) is 0 Å². The van der Waals surface area contributed by atoms with Gasteiger partial charge in [0.1, 0.15) is 0 Å². The average molecular weight is 240 g/mol. The van der Waals surface area contributed by atoms with Gasteiger partial charge in [-0.1, -0.05) is 26.7 Å². The van der Waals surface area contributed by atoms with Crippen LogP contribution >= 0.6 is 0 Å². The molecular formula is C15H32N2. The molecule has 0 aromatic rings. The maximum atomic E-state index is 3.62. The first kappa shape index (κ1) is 15.0. The molecule has 1 saturated carbocycles. The molecule has 1 fully saturated rings. The summed E-state index contributed by atoms with van der Waals surface area (Å²) in [5, 5.41) is 7.14. The molecule has 0 aromatic carbocycles. The predicted molar refractivity (Wildman–Crippen MR) is 76.4 cm³/mol. The van der Waals surface area contributed by atoms with Crippen molar-refractivity contribution in [2.75, 3.05) is 19.6 Å². The van der Waals surface area contributed by atoms with E-state index in [4.69, 9.17) is 0 Å². The summed E-state index contributed by atoms with van der Waals surface area (Å²) in [5.74, 6) is 0.867. The van der Waals surface area contributed by atoms with E-state index in [1.165, 1.54) is 32.2 Å². The Kier molecular flexibility index (Phi) is 5.46. The molecule has 0 aromatic heterocycles. The first-order valence-electron chi connectivity index (χ1n) is 7.27. The smallest absolute Gasteiger partial charge is 0.00970 e. The molecule has 0 radical (unpaired) electrons. The zero-order valence-electron chi connectivity index (χ0n) is 12.5. The van der Waals surface area contributed by atoms with E-state index < -0.39 is 0 Å². The molecule has 0 aliphatic heterocycles. The van der Waals surface area contributed by atoms with Gasteiger partial charge in [0.2, 0.25) is 0 Å². The maximum Gasteiger partial charge on any atom is 0.00970 e. The van der Waals surface area contributed by atoms with Gasteiger partial charge in [-0.3, -0.25) is 0 Å². The molecule has 1 atom stereocenters. The Morgan fingerprint density at radius 2 is 1.82 bits per heavy atom. The van der Waals surface area contributed by atoms with Crippen LogP contribution in [0.4, 0.5) is 0 Å².